The van der Waals surface area contributed by atoms with E-state index < -0.39 is 35.2 Å². The van der Waals surface area contributed by atoms with Crippen molar-refractivity contribution in [2.75, 3.05) is 6.61 Å². The summed E-state index contributed by atoms with van der Waals surface area (Å²) in [6.45, 7) is 0.219. The van der Waals surface area contributed by atoms with Gasteiger partial charge in [-0.05, 0) is 25.7 Å². The monoisotopic (exact) mass is 296 g/mol. The fourth-order valence-electron chi connectivity index (χ4n) is 3.83. The van der Waals surface area contributed by atoms with E-state index in [-0.39, 0.29) is 12.5 Å². The summed E-state index contributed by atoms with van der Waals surface area (Å²) in [5, 5.41) is 22.9. The maximum atomic E-state index is 12.1. The first-order valence-electron chi connectivity index (χ1n) is 7.26. The van der Waals surface area contributed by atoms with Gasteiger partial charge in [0.25, 0.3) is 0 Å². The van der Waals surface area contributed by atoms with E-state index in [4.69, 9.17) is 10.5 Å². The van der Waals surface area contributed by atoms with Gasteiger partial charge in [0.1, 0.15) is 0 Å². The molecule has 5 N–H and O–H groups in total. The number of carbonyl (C=O) groups excluding carboxylic acids is 1. The van der Waals surface area contributed by atoms with Crippen LogP contribution in [0.4, 0.5) is 0 Å². The van der Waals surface area contributed by atoms with Crippen molar-refractivity contribution in [1.29, 1.82) is 0 Å². The normalized spacial score (nSPS) is 43.4. The van der Waals surface area contributed by atoms with Gasteiger partial charge >= 0.3 is 5.97 Å². The Morgan fingerprint density at radius 1 is 1.52 bits per heavy atom. The summed E-state index contributed by atoms with van der Waals surface area (Å²) in [6, 6.07) is 0. The third-order valence-electron chi connectivity index (χ3n) is 5.00. The number of rotatable bonds is 3. The summed E-state index contributed by atoms with van der Waals surface area (Å²) < 4.78 is 5.45. The average Bonchev–Trinajstić information content (AvgIpc) is 2.96. The van der Waals surface area contributed by atoms with E-state index in [9.17, 15) is 19.8 Å². The molecule has 7 nitrogen and oxygen atoms in total. The van der Waals surface area contributed by atoms with Gasteiger partial charge in [-0.3, -0.25) is 4.79 Å². The number of carboxylic acid groups (broad SMARTS) is 1. The fraction of sp³-hybridized carbons (Fsp3) is 0.714. The van der Waals surface area contributed by atoms with Crippen molar-refractivity contribution in [2.45, 2.75) is 43.1 Å². The molecule has 21 heavy (non-hydrogen) atoms. The summed E-state index contributed by atoms with van der Waals surface area (Å²) in [4.78, 5) is 24.0. The first-order chi connectivity index (χ1) is 9.93. The lowest BCUT2D eigenvalue weighted by atomic mass is 9.73. The van der Waals surface area contributed by atoms with E-state index in [2.05, 4.69) is 5.32 Å². The molecule has 0 unspecified atom stereocenters. The van der Waals surface area contributed by atoms with Crippen molar-refractivity contribution in [3.05, 3.63) is 12.2 Å². The molecule has 2 fully saturated rings. The number of nitrogens with two attached hydrogens (primary N) is 1. The first kappa shape index (κ1) is 14.5. The molecule has 0 spiro atoms. The minimum absolute atomic E-state index is 0.219. The number of aliphatic hydroxyl groups excluding tert-OH is 1. The molecule has 0 aromatic heterocycles. The van der Waals surface area contributed by atoms with Crippen LogP contribution in [-0.2, 0) is 14.3 Å². The molecule has 0 bridgehead atoms. The van der Waals surface area contributed by atoms with Crippen molar-refractivity contribution in [3.63, 3.8) is 0 Å². The van der Waals surface area contributed by atoms with Crippen LogP contribution >= 0.6 is 0 Å². The molecule has 3 rings (SSSR count). The van der Waals surface area contributed by atoms with Crippen LogP contribution in [0.3, 0.4) is 0 Å². The zero-order chi connectivity index (χ0) is 15.3. The second-order valence-electron chi connectivity index (χ2n) is 6.05. The lowest BCUT2D eigenvalue weighted by molar-refractivity contribution is -0.173. The summed E-state index contributed by atoms with van der Waals surface area (Å²) in [5.41, 5.74) is 2.46. The van der Waals surface area contributed by atoms with Gasteiger partial charge in [-0.25, -0.2) is 4.79 Å². The van der Waals surface area contributed by atoms with Gasteiger partial charge < -0.3 is 26.0 Å². The predicted molar refractivity (Wildman–Crippen MR) is 72.0 cm³/mol. The van der Waals surface area contributed by atoms with Crippen molar-refractivity contribution in [1.82, 2.24) is 5.32 Å². The molecule has 0 radical (unpaired) electrons. The van der Waals surface area contributed by atoms with E-state index in [1.54, 1.807) is 6.08 Å². The Hall–Kier alpha value is -1.44. The SMILES string of the molecule is N[C@]12OCC[C@H]1C(=O)N[C@]2(C(=O)O)[C@@H](O)[C@@H]1C=CCCC1. The van der Waals surface area contributed by atoms with Crippen molar-refractivity contribution >= 4 is 11.9 Å². The van der Waals surface area contributed by atoms with E-state index >= 15 is 0 Å². The van der Waals surface area contributed by atoms with Gasteiger partial charge in [0.2, 0.25) is 11.4 Å². The minimum Gasteiger partial charge on any atom is -0.479 e. The summed E-state index contributed by atoms with van der Waals surface area (Å²) >= 11 is 0. The molecule has 5 atom stereocenters. The minimum atomic E-state index is -2.00. The van der Waals surface area contributed by atoms with Crippen LogP contribution in [0.25, 0.3) is 0 Å². The quantitative estimate of drug-likeness (QED) is 0.513. The Labute approximate surface area is 122 Å². The number of hydrogen-bond acceptors (Lipinski definition) is 5. The Balaban J connectivity index is 2.04. The number of aliphatic carboxylic acids is 1. The van der Waals surface area contributed by atoms with Gasteiger partial charge in [-0.15, -0.1) is 0 Å². The van der Waals surface area contributed by atoms with Gasteiger partial charge in [-0.2, -0.15) is 0 Å². The number of nitrogens with one attached hydrogen (secondary N) is 1. The first-order valence-corrected chi connectivity index (χ1v) is 7.26. The molecule has 2 aliphatic heterocycles. The standard InChI is InChI=1S/C14H20N2O5/c15-14-9(6-7-21-14)11(18)16-13(14,12(19)20)10(17)8-4-2-1-3-5-8/h2,4,8-10,17H,1,3,5-7,15H2,(H,16,18)(H,19,20)/t8-,9+,10+,13+,14+/m1/s1. The van der Waals surface area contributed by atoms with Gasteiger partial charge in [-0.1, -0.05) is 12.2 Å². The summed E-state index contributed by atoms with van der Waals surface area (Å²) in [7, 11) is 0. The van der Waals surface area contributed by atoms with Crippen molar-refractivity contribution in [2.24, 2.45) is 17.6 Å². The maximum Gasteiger partial charge on any atom is 0.336 e. The van der Waals surface area contributed by atoms with Crippen LogP contribution in [-0.4, -0.2) is 46.1 Å². The van der Waals surface area contributed by atoms with Crippen LogP contribution in [0.5, 0.6) is 0 Å². The Morgan fingerprint density at radius 3 is 2.90 bits per heavy atom. The number of aliphatic hydroxyl groups is 1. The highest BCUT2D eigenvalue weighted by Crippen LogP contribution is 2.46. The number of ether oxygens (including phenoxy) is 1. The lowest BCUT2D eigenvalue weighted by Gasteiger charge is -2.43. The van der Waals surface area contributed by atoms with Crippen molar-refractivity contribution in [3.8, 4) is 0 Å². The van der Waals surface area contributed by atoms with Gasteiger partial charge in [0, 0.05) is 5.92 Å². The molecule has 1 aliphatic carbocycles. The highest BCUT2D eigenvalue weighted by atomic mass is 16.5. The number of amides is 1. The third kappa shape index (κ3) is 1.77. The van der Waals surface area contributed by atoms with E-state index in [0.717, 1.165) is 12.8 Å². The molecule has 116 valence electrons. The number of fused-ring (bicyclic) bond motifs is 1. The highest BCUT2D eigenvalue weighted by molar-refractivity contribution is 5.96. The van der Waals surface area contributed by atoms with E-state index in [0.29, 0.717) is 12.8 Å². The van der Waals surface area contributed by atoms with Gasteiger partial charge in [0.15, 0.2) is 5.72 Å². The van der Waals surface area contributed by atoms with Crippen molar-refractivity contribution < 1.29 is 24.5 Å². The Morgan fingerprint density at radius 2 is 2.29 bits per heavy atom. The van der Waals surface area contributed by atoms with Gasteiger partial charge in [0.05, 0.1) is 18.6 Å². The number of carboxylic acids is 1. The van der Waals surface area contributed by atoms with Crippen LogP contribution in [0, 0.1) is 11.8 Å². The molecule has 3 aliphatic rings. The summed E-state index contributed by atoms with van der Waals surface area (Å²) in [5.74, 6) is -2.92. The van der Waals surface area contributed by atoms with Crippen LogP contribution in [0.1, 0.15) is 25.7 Å². The smallest absolute Gasteiger partial charge is 0.336 e. The largest absolute Gasteiger partial charge is 0.479 e. The Bertz CT molecular complexity index is 508. The molecule has 2 saturated heterocycles. The van der Waals surface area contributed by atoms with Crippen LogP contribution in [0.15, 0.2) is 12.2 Å². The zero-order valence-electron chi connectivity index (χ0n) is 11.6. The van der Waals surface area contributed by atoms with Crippen LogP contribution < -0.4 is 11.1 Å². The second kappa shape index (κ2) is 4.79. The summed E-state index contributed by atoms with van der Waals surface area (Å²) in [6.07, 6.45) is 5.18. The molecule has 2 heterocycles. The molecular formula is C14H20N2O5. The van der Waals surface area contributed by atoms with E-state index in [1.165, 1.54) is 0 Å². The maximum absolute atomic E-state index is 12.1. The topological polar surface area (TPSA) is 122 Å². The Kier molecular flexibility index (Phi) is 3.31. The number of allylic oxidation sites excluding steroid dienone is 1. The lowest BCUT2D eigenvalue weighted by Crippen LogP contribution is -2.74. The fourth-order valence-corrected chi connectivity index (χ4v) is 3.83. The average molecular weight is 296 g/mol. The second-order valence-corrected chi connectivity index (χ2v) is 6.05. The molecule has 0 saturated carbocycles. The number of carbonyl (C=O) groups is 2. The molecular weight excluding hydrogens is 276 g/mol. The molecule has 1 amide bonds. The molecule has 7 heteroatoms. The molecule has 0 aromatic carbocycles. The highest BCUT2D eigenvalue weighted by Gasteiger charge is 2.73. The predicted octanol–water partition coefficient (Wildman–Crippen LogP) is -0.652. The third-order valence-corrected chi connectivity index (χ3v) is 5.00. The number of hydrogen-bond donors (Lipinski definition) is 4. The molecule has 0 aromatic rings. The zero-order valence-corrected chi connectivity index (χ0v) is 11.6. The van der Waals surface area contributed by atoms with E-state index in [1.807, 2.05) is 6.08 Å². The van der Waals surface area contributed by atoms with Crippen LogP contribution in [0.2, 0.25) is 0 Å².